The van der Waals surface area contributed by atoms with Gasteiger partial charge >= 0.3 is 0 Å². The van der Waals surface area contributed by atoms with Gasteiger partial charge in [0.05, 0.1) is 6.04 Å². The minimum Gasteiger partial charge on any atom is -0.353 e. The summed E-state index contributed by atoms with van der Waals surface area (Å²) in [6.45, 7) is 4.46. The van der Waals surface area contributed by atoms with Crippen molar-refractivity contribution in [2.24, 2.45) is 0 Å². The maximum Gasteiger partial charge on any atom is 0.243 e. The molecule has 0 aromatic heterocycles. The summed E-state index contributed by atoms with van der Waals surface area (Å²) in [6, 6.07) is 10.3. The molecule has 1 heterocycles. The Bertz CT molecular complexity index is 640. The van der Waals surface area contributed by atoms with Crippen LogP contribution in [0, 0.1) is 0 Å². The third-order valence-electron chi connectivity index (χ3n) is 5.04. The monoisotopic (exact) mass is 371 g/mol. The highest BCUT2D eigenvalue weighted by Gasteiger charge is 2.30. The van der Waals surface area contributed by atoms with Crippen molar-refractivity contribution >= 4 is 11.8 Å². The normalized spacial score (nSPS) is 17.7. The third-order valence-corrected chi connectivity index (χ3v) is 5.04. The number of aryl methyl sites for hydroxylation is 1. The number of likely N-dealkylation sites (tertiary alicyclic amines) is 1. The Morgan fingerprint density at radius 3 is 2.70 bits per heavy atom. The lowest BCUT2D eigenvalue weighted by atomic mass is 10.1. The molecule has 1 aliphatic heterocycles. The minimum atomic E-state index is -0.0251. The molecule has 148 valence electrons. The zero-order valence-electron chi connectivity index (χ0n) is 16.9. The summed E-state index contributed by atoms with van der Waals surface area (Å²) in [4.78, 5) is 28.2. The Morgan fingerprint density at radius 1 is 1.26 bits per heavy atom. The van der Waals surface area contributed by atoms with E-state index in [4.69, 9.17) is 0 Å². The van der Waals surface area contributed by atoms with Crippen LogP contribution in [0.25, 0.3) is 0 Å². The number of amides is 2. The Hall–Kier alpha value is -2.14. The summed E-state index contributed by atoms with van der Waals surface area (Å²) in [5.41, 5.74) is 2.38. The van der Waals surface area contributed by atoms with E-state index >= 15 is 0 Å². The lowest BCUT2D eigenvalue weighted by molar-refractivity contribution is -0.133. The van der Waals surface area contributed by atoms with Crippen molar-refractivity contribution in [3.63, 3.8) is 0 Å². The van der Waals surface area contributed by atoms with Gasteiger partial charge in [0, 0.05) is 33.3 Å². The van der Waals surface area contributed by atoms with Crippen molar-refractivity contribution in [2.45, 2.75) is 45.1 Å². The maximum atomic E-state index is 12.2. The van der Waals surface area contributed by atoms with Crippen molar-refractivity contribution in [1.29, 1.82) is 0 Å². The molecular weight excluding hydrogens is 338 g/mol. The SMILES string of the molecule is C/C(=C/C(=O)NCCCN1CCCC1C(=O)N(C)C)CCc1ccccc1. The first kappa shape index (κ1) is 21.2. The Kier molecular flexibility index (Phi) is 8.52. The molecule has 0 spiro atoms. The second-order valence-electron chi connectivity index (χ2n) is 7.55. The summed E-state index contributed by atoms with van der Waals surface area (Å²) in [6.07, 6.45) is 6.41. The molecule has 5 nitrogen and oxygen atoms in total. The average molecular weight is 372 g/mol. The van der Waals surface area contributed by atoms with Crippen LogP contribution in [0.5, 0.6) is 0 Å². The van der Waals surface area contributed by atoms with Crippen LogP contribution < -0.4 is 5.32 Å². The van der Waals surface area contributed by atoms with E-state index in [2.05, 4.69) is 22.3 Å². The number of hydrogen-bond donors (Lipinski definition) is 1. The Labute approximate surface area is 163 Å². The van der Waals surface area contributed by atoms with Gasteiger partial charge in [0.1, 0.15) is 0 Å². The van der Waals surface area contributed by atoms with Crippen LogP contribution in [0.15, 0.2) is 42.0 Å². The molecule has 2 amide bonds. The number of nitrogens with zero attached hydrogens (tertiary/aromatic N) is 2. The molecule has 1 aliphatic rings. The van der Waals surface area contributed by atoms with Crippen molar-refractivity contribution in [3.8, 4) is 0 Å². The third kappa shape index (κ3) is 7.18. The highest BCUT2D eigenvalue weighted by atomic mass is 16.2. The predicted molar refractivity (Wildman–Crippen MR) is 109 cm³/mol. The molecule has 1 fully saturated rings. The minimum absolute atomic E-state index is 0.0100. The standard InChI is InChI=1S/C22H33N3O2/c1-18(12-13-19-9-5-4-6-10-19)17-21(26)23-14-8-16-25-15-7-11-20(25)22(27)24(2)3/h4-6,9-10,17,20H,7-8,11-16H2,1-3H3,(H,23,26)/b18-17-. The molecule has 27 heavy (non-hydrogen) atoms. The smallest absolute Gasteiger partial charge is 0.243 e. The molecule has 0 aliphatic carbocycles. The Morgan fingerprint density at radius 2 is 2.00 bits per heavy atom. The van der Waals surface area contributed by atoms with E-state index < -0.39 is 0 Å². The van der Waals surface area contributed by atoms with E-state index in [1.807, 2.05) is 39.2 Å². The van der Waals surface area contributed by atoms with Gasteiger partial charge < -0.3 is 10.2 Å². The summed E-state index contributed by atoms with van der Waals surface area (Å²) in [5.74, 6) is 0.163. The van der Waals surface area contributed by atoms with E-state index in [1.54, 1.807) is 11.0 Å². The van der Waals surface area contributed by atoms with Crippen LogP contribution in [-0.4, -0.2) is 61.4 Å². The molecule has 0 saturated carbocycles. The molecule has 1 aromatic carbocycles. The number of carbonyl (C=O) groups is 2. The van der Waals surface area contributed by atoms with Crippen molar-refractivity contribution in [2.75, 3.05) is 33.7 Å². The molecule has 1 N–H and O–H groups in total. The van der Waals surface area contributed by atoms with Crippen LogP contribution in [0.1, 0.15) is 38.2 Å². The number of benzene rings is 1. The molecule has 0 bridgehead atoms. The molecule has 1 saturated heterocycles. The van der Waals surface area contributed by atoms with Crippen LogP contribution in [0.2, 0.25) is 0 Å². The zero-order chi connectivity index (χ0) is 19.6. The van der Waals surface area contributed by atoms with Crippen LogP contribution in [0.3, 0.4) is 0 Å². The van der Waals surface area contributed by atoms with E-state index in [9.17, 15) is 9.59 Å². The van der Waals surface area contributed by atoms with Crippen molar-refractivity contribution in [3.05, 3.63) is 47.5 Å². The topological polar surface area (TPSA) is 52.7 Å². The lowest BCUT2D eigenvalue weighted by Gasteiger charge is -2.25. The van der Waals surface area contributed by atoms with Gasteiger partial charge in [0.2, 0.25) is 11.8 Å². The highest BCUT2D eigenvalue weighted by molar-refractivity contribution is 5.88. The van der Waals surface area contributed by atoms with Crippen LogP contribution in [-0.2, 0) is 16.0 Å². The summed E-state index contributed by atoms with van der Waals surface area (Å²) in [5, 5.41) is 2.97. The van der Waals surface area contributed by atoms with Crippen LogP contribution >= 0.6 is 0 Å². The van der Waals surface area contributed by atoms with Gasteiger partial charge in [-0.1, -0.05) is 35.9 Å². The highest BCUT2D eigenvalue weighted by Crippen LogP contribution is 2.18. The molecule has 2 rings (SSSR count). The van der Waals surface area contributed by atoms with Gasteiger partial charge in [-0.3, -0.25) is 14.5 Å². The van der Waals surface area contributed by atoms with Gasteiger partial charge in [-0.15, -0.1) is 0 Å². The average Bonchev–Trinajstić information content (AvgIpc) is 3.12. The Balaban J connectivity index is 1.66. The van der Waals surface area contributed by atoms with Crippen molar-refractivity contribution in [1.82, 2.24) is 15.1 Å². The van der Waals surface area contributed by atoms with Gasteiger partial charge in [0.25, 0.3) is 0 Å². The van der Waals surface area contributed by atoms with E-state index in [-0.39, 0.29) is 17.9 Å². The molecule has 1 unspecified atom stereocenters. The lowest BCUT2D eigenvalue weighted by Crippen LogP contribution is -2.43. The second-order valence-corrected chi connectivity index (χ2v) is 7.55. The molecule has 1 atom stereocenters. The largest absolute Gasteiger partial charge is 0.353 e. The fourth-order valence-corrected chi connectivity index (χ4v) is 3.50. The number of likely N-dealkylation sites (N-methyl/N-ethyl adjacent to an activating group) is 1. The van der Waals surface area contributed by atoms with Gasteiger partial charge in [0.15, 0.2) is 0 Å². The summed E-state index contributed by atoms with van der Waals surface area (Å²) < 4.78 is 0. The zero-order valence-corrected chi connectivity index (χ0v) is 16.9. The molecule has 0 radical (unpaired) electrons. The fourth-order valence-electron chi connectivity index (χ4n) is 3.50. The predicted octanol–water partition coefficient (Wildman–Crippen LogP) is 2.62. The number of nitrogens with one attached hydrogen (secondary N) is 1. The maximum absolute atomic E-state index is 12.2. The number of allylic oxidation sites excluding steroid dienone is 1. The molecular formula is C22H33N3O2. The van der Waals surface area contributed by atoms with E-state index in [1.165, 1.54) is 5.56 Å². The summed E-state index contributed by atoms with van der Waals surface area (Å²) in [7, 11) is 3.62. The number of hydrogen-bond acceptors (Lipinski definition) is 3. The second kappa shape index (κ2) is 10.9. The van der Waals surface area contributed by atoms with Gasteiger partial charge in [-0.25, -0.2) is 0 Å². The first-order valence-electron chi connectivity index (χ1n) is 9.91. The molecule has 5 heteroatoms. The summed E-state index contributed by atoms with van der Waals surface area (Å²) >= 11 is 0. The van der Waals surface area contributed by atoms with Crippen LogP contribution in [0.4, 0.5) is 0 Å². The van der Waals surface area contributed by atoms with Crippen molar-refractivity contribution < 1.29 is 9.59 Å². The first-order chi connectivity index (χ1) is 13.0. The number of rotatable bonds is 9. The van der Waals surface area contributed by atoms with Gasteiger partial charge in [-0.2, -0.15) is 0 Å². The molecule has 1 aromatic rings. The fraction of sp³-hybridized carbons (Fsp3) is 0.545. The van der Waals surface area contributed by atoms with Gasteiger partial charge in [-0.05, 0) is 51.1 Å². The van der Waals surface area contributed by atoms with E-state index in [0.717, 1.165) is 50.8 Å². The first-order valence-corrected chi connectivity index (χ1v) is 9.91. The van der Waals surface area contributed by atoms with E-state index in [0.29, 0.717) is 6.54 Å². The quantitative estimate of drug-likeness (QED) is 0.536. The number of carbonyl (C=O) groups excluding carboxylic acids is 2.